The van der Waals surface area contributed by atoms with Crippen LogP contribution in [0.1, 0.15) is 36.7 Å². The molecule has 1 saturated carbocycles. The molecule has 1 amide bonds. The van der Waals surface area contributed by atoms with Gasteiger partial charge in [-0.15, -0.1) is 0 Å². The monoisotopic (exact) mass is 220 g/mol. The van der Waals surface area contributed by atoms with E-state index in [9.17, 15) is 4.79 Å². The van der Waals surface area contributed by atoms with Gasteiger partial charge in [-0.1, -0.05) is 13.3 Å². The van der Waals surface area contributed by atoms with E-state index in [0.29, 0.717) is 11.6 Å². The fourth-order valence-corrected chi connectivity index (χ4v) is 2.09. The van der Waals surface area contributed by atoms with Crippen molar-refractivity contribution in [2.45, 2.75) is 32.2 Å². The number of amides is 1. The Hall–Kier alpha value is -1.65. The van der Waals surface area contributed by atoms with Gasteiger partial charge in [0.25, 0.3) is 5.91 Å². The van der Waals surface area contributed by atoms with Crippen molar-refractivity contribution in [3.05, 3.63) is 18.1 Å². The smallest absolute Gasteiger partial charge is 0.271 e. The van der Waals surface area contributed by atoms with Gasteiger partial charge in [0, 0.05) is 6.04 Å². The molecule has 2 rings (SSSR count). The van der Waals surface area contributed by atoms with Crippen molar-refractivity contribution in [2.24, 2.45) is 5.92 Å². The molecule has 5 heteroatoms. The largest absolute Gasteiger partial charge is 0.382 e. The predicted octanol–water partition coefficient (Wildman–Crippen LogP) is 0.977. The lowest BCUT2D eigenvalue weighted by Crippen LogP contribution is -2.36. The second-order valence-electron chi connectivity index (χ2n) is 4.32. The van der Waals surface area contributed by atoms with Crippen molar-refractivity contribution in [1.29, 1.82) is 0 Å². The van der Waals surface area contributed by atoms with E-state index in [0.717, 1.165) is 6.42 Å². The molecule has 1 aromatic rings. The van der Waals surface area contributed by atoms with E-state index in [-0.39, 0.29) is 17.8 Å². The highest BCUT2D eigenvalue weighted by Crippen LogP contribution is 2.24. The van der Waals surface area contributed by atoms with Gasteiger partial charge in [-0.2, -0.15) is 0 Å². The SMILES string of the molecule is CC1CCCC1NC(=O)c1cncc(N)n1. The van der Waals surface area contributed by atoms with Crippen LogP contribution in [0.15, 0.2) is 12.4 Å². The molecule has 2 unspecified atom stereocenters. The second kappa shape index (κ2) is 4.47. The maximum atomic E-state index is 11.8. The highest BCUT2D eigenvalue weighted by Gasteiger charge is 2.25. The molecule has 0 aromatic carbocycles. The van der Waals surface area contributed by atoms with E-state index in [1.165, 1.54) is 25.2 Å². The molecule has 1 fully saturated rings. The summed E-state index contributed by atoms with van der Waals surface area (Å²) in [5, 5.41) is 2.98. The third kappa shape index (κ3) is 2.29. The zero-order chi connectivity index (χ0) is 11.5. The molecule has 0 aliphatic heterocycles. The summed E-state index contributed by atoms with van der Waals surface area (Å²) in [6.07, 6.45) is 6.26. The van der Waals surface area contributed by atoms with E-state index in [2.05, 4.69) is 22.2 Å². The number of carbonyl (C=O) groups excluding carboxylic acids is 1. The predicted molar refractivity (Wildman–Crippen MR) is 60.7 cm³/mol. The lowest BCUT2D eigenvalue weighted by atomic mass is 10.1. The van der Waals surface area contributed by atoms with Crippen molar-refractivity contribution in [3.8, 4) is 0 Å². The minimum absolute atomic E-state index is 0.182. The van der Waals surface area contributed by atoms with E-state index in [4.69, 9.17) is 5.73 Å². The Balaban J connectivity index is 2.03. The average molecular weight is 220 g/mol. The van der Waals surface area contributed by atoms with Crippen LogP contribution in [0.2, 0.25) is 0 Å². The van der Waals surface area contributed by atoms with Gasteiger partial charge in [-0.25, -0.2) is 4.98 Å². The summed E-state index contributed by atoms with van der Waals surface area (Å²) in [5.41, 5.74) is 5.77. The van der Waals surface area contributed by atoms with Crippen LogP contribution in [0, 0.1) is 5.92 Å². The molecule has 5 nitrogen and oxygen atoms in total. The number of anilines is 1. The van der Waals surface area contributed by atoms with Crippen LogP contribution in [0.3, 0.4) is 0 Å². The van der Waals surface area contributed by atoms with Gasteiger partial charge in [-0.3, -0.25) is 9.78 Å². The fraction of sp³-hybridized carbons (Fsp3) is 0.545. The number of nitrogens with zero attached hydrogens (tertiary/aromatic N) is 2. The lowest BCUT2D eigenvalue weighted by molar-refractivity contribution is 0.0924. The van der Waals surface area contributed by atoms with Gasteiger partial charge < -0.3 is 11.1 Å². The number of hydrogen-bond donors (Lipinski definition) is 2. The molecule has 0 spiro atoms. The number of nitrogens with two attached hydrogens (primary N) is 1. The molecule has 2 atom stereocenters. The molecule has 1 aliphatic carbocycles. The molecular formula is C11H16N4O. The third-order valence-electron chi connectivity index (χ3n) is 3.06. The molecule has 1 aromatic heterocycles. The molecule has 16 heavy (non-hydrogen) atoms. The molecule has 86 valence electrons. The molecule has 0 bridgehead atoms. The van der Waals surface area contributed by atoms with Crippen LogP contribution in [0.25, 0.3) is 0 Å². The Morgan fingerprint density at radius 1 is 1.50 bits per heavy atom. The average Bonchev–Trinajstić information content (AvgIpc) is 2.64. The van der Waals surface area contributed by atoms with Crippen molar-refractivity contribution in [1.82, 2.24) is 15.3 Å². The summed E-state index contributed by atoms with van der Waals surface area (Å²) < 4.78 is 0. The number of rotatable bonds is 2. The zero-order valence-corrected chi connectivity index (χ0v) is 9.31. The van der Waals surface area contributed by atoms with Crippen LogP contribution < -0.4 is 11.1 Å². The maximum Gasteiger partial charge on any atom is 0.271 e. The lowest BCUT2D eigenvalue weighted by Gasteiger charge is -2.16. The number of hydrogen-bond acceptors (Lipinski definition) is 4. The third-order valence-corrected chi connectivity index (χ3v) is 3.06. The van der Waals surface area contributed by atoms with Crippen molar-refractivity contribution >= 4 is 11.7 Å². The number of aromatic nitrogens is 2. The van der Waals surface area contributed by atoms with E-state index >= 15 is 0 Å². The van der Waals surface area contributed by atoms with Gasteiger partial charge >= 0.3 is 0 Å². The molecule has 1 aliphatic rings. The number of nitrogens with one attached hydrogen (secondary N) is 1. The van der Waals surface area contributed by atoms with Crippen LogP contribution in [0.5, 0.6) is 0 Å². The Kier molecular flexibility index (Phi) is 3.03. The van der Waals surface area contributed by atoms with E-state index in [1.54, 1.807) is 0 Å². The summed E-state index contributed by atoms with van der Waals surface area (Å²) in [4.78, 5) is 19.6. The standard InChI is InChI=1S/C11H16N4O/c1-7-3-2-4-8(7)15-11(16)9-5-13-6-10(12)14-9/h5-8H,2-4H2,1H3,(H2,12,14)(H,15,16). The molecule has 0 radical (unpaired) electrons. The van der Waals surface area contributed by atoms with E-state index in [1.807, 2.05) is 0 Å². The van der Waals surface area contributed by atoms with Crippen LogP contribution in [0.4, 0.5) is 5.82 Å². The first kappa shape index (κ1) is 10.9. The molecule has 1 heterocycles. The van der Waals surface area contributed by atoms with Crippen LogP contribution in [-0.4, -0.2) is 21.9 Å². The normalized spacial score (nSPS) is 24.3. The van der Waals surface area contributed by atoms with Crippen LogP contribution >= 0.6 is 0 Å². The zero-order valence-electron chi connectivity index (χ0n) is 9.31. The Bertz CT molecular complexity index is 393. The van der Waals surface area contributed by atoms with Crippen LogP contribution in [-0.2, 0) is 0 Å². The van der Waals surface area contributed by atoms with E-state index < -0.39 is 0 Å². The number of nitrogen functional groups attached to an aromatic ring is 1. The number of carbonyl (C=O) groups is 1. The van der Waals surface area contributed by atoms with Gasteiger partial charge in [0.1, 0.15) is 11.5 Å². The molecule has 3 N–H and O–H groups in total. The van der Waals surface area contributed by atoms with Gasteiger partial charge in [0.15, 0.2) is 0 Å². The maximum absolute atomic E-state index is 11.8. The first-order valence-electron chi connectivity index (χ1n) is 5.55. The molecular weight excluding hydrogens is 204 g/mol. The first-order valence-corrected chi connectivity index (χ1v) is 5.55. The molecule has 0 saturated heterocycles. The summed E-state index contributed by atoms with van der Waals surface area (Å²) in [6, 6.07) is 0.260. The minimum atomic E-state index is -0.182. The van der Waals surface area contributed by atoms with Gasteiger partial charge in [-0.05, 0) is 18.8 Å². The second-order valence-corrected chi connectivity index (χ2v) is 4.32. The van der Waals surface area contributed by atoms with Crippen molar-refractivity contribution < 1.29 is 4.79 Å². The highest BCUT2D eigenvalue weighted by atomic mass is 16.1. The fourth-order valence-electron chi connectivity index (χ4n) is 2.09. The quantitative estimate of drug-likeness (QED) is 0.778. The van der Waals surface area contributed by atoms with Crippen molar-refractivity contribution in [3.63, 3.8) is 0 Å². The summed E-state index contributed by atoms with van der Waals surface area (Å²) >= 11 is 0. The topological polar surface area (TPSA) is 80.9 Å². The highest BCUT2D eigenvalue weighted by molar-refractivity contribution is 5.92. The summed E-state index contributed by atoms with van der Waals surface area (Å²) in [5.74, 6) is 0.628. The first-order chi connectivity index (χ1) is 7.66. The summed E-state index contributed by atoms with van der Waals surface area (Å²) in [7, 11) is 0. The Morgan fingerprint density at radius 3 is 2.94 bits per heavy atom. The summed E-state index contributed by atoms with van der Waals surface area (Å²) in [6.45, 7) is 2.16. The van der Waals surface area contributed by atoms with Gasteiger partial charge in [0.05, 0.1) is 12.4 Å². The Labute approximate surface area is 94.5 Å². The minimum Gasteiger partial charge on any atom is -0.382 e. The Morgan fingerprint density at radius 2 is 2.31 bits per heavy atom. The van der Waals surface area contributed by atoms with Gasteiger partial charge in [0.2, 0.25) is 0 Å². The van der Waals surface area contributed by atoms with Crippen molar-refractivity contribution in [2.75, 3.05) is 5.73 Å².